The highest BCUT2D eigenvalue weighted by atomic mass is 15.2. The number of allylic oxidation sites excluding steroid dienone is 2. The third kappa shape index (κ3) is 1.28. The smallest absolute Gasteiger partial charge is 0.0821 e. The maximum Gasteiger partial charge on any atom is 0.0821 e. The standard InChI is InChI=1S/C9H13N3/c10-6-5-9-11-7-3-1-2-4-8(7)12-9/h1-3,6,8-12H,4-5H2. The first-order chi connectivity index (χ1) is 5.90. The van der Waals surface area contributed by atoms with E-state index in [2.05, 4.69) is 28.9 Å². The van der Waals surface area contributed by atoms with Gasteiger partial charge in [-0.05, 0) is 18.7 Å². The summed E-state index contributed by atoms with van der Waals surface area (Å²) in [5, 5.41) is 13.7. The van der Waals surface area contributed by atoms with Crippen LogP contribution in [0.3, 0.4) is 0 Å². The van der Waals surface area contributed by atoms with E-state index in [-0.39, 0.29) is 6.17 Å². The van der Waals surface area contributed by atoms with Gasteiger partial charge in [-0.25, -0.2) is 0 Å². The molecule has 1 saturated heterocycles. The van der Waals surface area contributed by atoms with Crippen LogP contribution in [-0.2, 0) is 0 Å². The zero-order chi connectivity index (χ0) is 8.39. The zero-order valence-electron chi connectivity index (χ0n) is 6.88. The van der Waals surface area contributed by atoms with Crippen LogP contribution in [0.4, 0.5) is 0 Å². The van der Waals surface area contributed by atoms with Gasteiger partial charge in [0.25, 0.3) is 0 Å². The summed E-state index contributed by atoms with van der Waals surface area (Å²) in [5.41, 5.74) is 1.27. The number of hydrogen-bond donors (Lipinski definition) is 3. The first kappa shape index (κ1) is 7.55. The first-order valence-electron chi connectivity index (χ1n) is 4.28. The van der Waals surface area contributed by atoms with E-state index in [0.717, 1.165) is 12.8 Å². The van der Waals surface area contributed by atoms with Gasteiger partial charge in [0, 0.05) is 12.1 Å². The second-order valence-electron chi connectivity index (χ2n) is 3.14. The van der Waals surface area contributed by atoms with E-state index in [0.29, 0.717) is 6.04 Å². The lowest BCUT2D eigenvalue weighted by molar-refractivity contribution is 0.538. The molecule has 1 heterocycles. The fraction of sp³-hybridized carbons (Fsp3) is 0.444. The molecule has 1 aliphatic heterocycles. The Hall–Kier alpha value is -1.09. The second kappa shape index (κ2) is 3.11. The average molecular weight is 163 g/mol. The Morgan fingerprint density at radius 3 is 3.33 bits per heavy atom. The highest BCUT2D eigenvalue weighted by molar-refractivity contribution is 5.54. The molecule has 0 amide bonds. The molecule has 2 rings (SSSR count). The van der Waals surface area contributed by atoms with Crippen LogP contribution >= 0.6 is 0 Å². The van der Waals surface area contributed by atoms with Gasteiger partial charge in [-0.2, -0.15) is 0 Å². The Labute approximate surface area is 72.1 Å². The summed E-state index contributed by atoms with van der Waals surface area (Å²) in [6, 6.07) is 0.458. The molecule has 3 heteroatoms. The molecule has 0 radical (unpaired) electrons. The summed E-state index contributed by atoms with van der Waals surface area (Å²) in [6.07, 6.45) is 9.87. The van der Waals surface area contributed by atoms with Crippen LogP contribution in [0, 0.1) is 5.41 Å². The summed E-state index contributed by atoms with van der Waals surface area (Å²) in [5.74, 6) is 0. The van der Waals surface area contributed by atoms with Crippen molar-refractivity contribution in [3.63, 3.8) is 0 Å². The molecular formula is C9H13N3. The third-order valence-corrected chi connectivity index (χ3v) is 2.26. The molecule has 3 nitrogen and oxygen atoms in total. The van der Waals surface area contributed by atoms with Crippen molar-refractivity contribution in [1.82, 2.24) is 10.6 Å². The van der Waals surface area contributed by atoms with Gasteiger partial charge < -0.3 is 10.7 Å². The molecule has 2 aliphatic rings. The average Bonchev–Trinajstić information content (AvgIpc) is 2.47. The van der Waals surface area contributed by atoms with Gasteiger partial charge in [0.2, 0.25) is 0 Å². The van der Waals surface area contributed by atoms with Crippen molar-refractivity contribution < 1.29 is 0 Å². The molecule has 0 spiro atoms. The second-order valence-corrected chi connectivity index (χ2v) is 3.14. The minimum absolute atomic E-state index is 0.263. The fourth-order valence-corrected chi connectivity index (χ4v) is 1.67. The molecule has 1 aliphatic carbocycles. The molecule has 0 saturated carbocycles. The minimum Gasteiger partial charge on any atom is -0.372 e. The van der Waals surface area contributed by atoms with Gasteiger partial charge >= 0.3 is 0 Å². The van der Waals surface area contributed by atoms with Gasteiger partial charge in [-0.1, -0.05) is 12.2 Å². The fourth-order valence-electron chi connectivity index (χ4n) is 1.67. The summed E-state index contributed by atoms with van der Waals surface area (Å²) in [4.78, 5) is 0. The highest BCUT2D eigenvalue weighted by Gasteiger charge is 2.26. The topological polar surface area (TPSA) is 47.9 Å². The monoisotopic (exact) mass is 163 g/mol. The van der Waals surface area contributed by atoms with E-state index >= 15 is 0 Å². The number of rotatable bonds is 2. The lowest BCUT2D eigenvalue weighted by Gasteiger charge is -2.10. The maximum absolute atomic E-state index is 6.99. The van der Waals surface area contributed by atoms with Crippen molar-refractivity contribution in [3.05, 3.63) is 23.9 Å². The minimum atomic E-state index is 0.263. The molecule has 2 unspecified atom stereocenters. The third-order valence-electron chi connectivity index (χ3n) is 2.26. The number of nitrogens with one attached hydrogen (secondary N) is 3. The Bertz CT molecular complexity index is 242. The predicted molar refractivity (Wildman–Crippen MR) is 49.1 cm³/mol. The Balaban J connectivity index is 2.02. The predicted octanol–water partition coefficient (Wildman–Crippen LogP) is 0.757. The lowest BCUT2D eigenvalue weighted by atomic mass is 10.1. The van der Waals surface area contributed by atoms with E-state index in [9.17, 15) is 0 Å². The number of fused-ring (bicyclic) bond motifs is 1. The first-order valence-corrected chi connectivity index (χ1v) is 4.28. The van der Waals surface area contributed by atoms with Crippen LogP contribution < -0.4 is 10.6 Å². The molecule has 1 fully saturated rings. The van der Waals surface area contributed by atoms with Gasteiger partial charge in [-0.3, -0.25) is 5.32 Å². The van der Waals surface area contributed by atoms with Crippen LogP contribution in [0.1, 0.15) is 12.8 Å². The van der Waals surface area contributed by atoms with E-state index < -0.39 is 0 Å². The van der Waals surface area contributed by atoms with Gasteiger partial charge in [0.15, 0.2) is 0 Å². The van der Waals surface area contributed by atoms with Crippen molar-refractivity contribution in [2.75, 3.05) is 0 Å². The molecule has 3 N–H and O–H groups in total. The molecule has 2 atom stereocenters. The van der Waals surface area contributed by atoms with Crippen LogP contribution in [-0.4, -0.2) is 18.4 Å². The summed E-state index contributed by atoms with van der Waals surface area (Å²) in [6.45, 7) is 0. The normalized spacial score (nSPS) is 32.2. The Morgan fingerprint density at radius 2 is 2.58 bits per heavy atom. The van der Waals surface area contributed by atoms with Crippen LogP contribution in [0.15, 0.2) is 23.9 Å². The van der Waals surface area contributed by atoms with Gasteiger partial charge in [0.1, 0.15) is 0 Å². The van der Waals surface area contributed by atoms with Crippen molar-refractivity contribution in [1.29, 1.82) is 5.41 Å². The van der Waals surface area contributed by atoms with E-state index in [1.807, 2.05) is 0 Å². The molecular weight excluding hydrogens is 150 g/mol. The molecule has 0 bridgehead atoms. The van der Waals surface area contributed by atoms with Crippen molar-refractivity contribution in [3.8, 4) is 0 Å². The Morgan fingerprint density at radius 1 is 1.67 bits per heavy atom. The van der Waals surface area contributed by atoms with Crippen molar-refractivity contribution in [2.24, 2.45) is 0 Å². The zero-order valence-corrected chi connectivity index (χ0v) is 6.88. The summed E-state index contributed by atoms with van der Waals surface area (Å²) in [7, 11) is 0. The largest absolute Gasteiger partial charge is 0.372 e. The Kier molecular flexibility index (Phi) is 1.96. The SMILES string of the molecule is N=CCC1NC2=CC=CCC2N1. The molecule has 0 aromatic heterocycles. The van der Waals surface area contributed by atoms with Crippen LogP contribution in [0.2, 0.25) is 0 Å². The van der Waals surface area contributed by atoms with E-state index in [4.69, 9.17) is 5.41 Å². The highest BCUT2D eigenvalue weighted by Crippen LogP contribution is 2.17. The quantitative estimate of drug-likeness (QED) is 0.526. The molecule has 0 aromatic carbocycles. The van der Waals surface area contributed by atoms with Crippen molar-refractivity contribution >= 4 is 6.21 Å². The van der Waals surface area contributed by atoms with Crippen molar-refractivity contribution in [2.45, 2.75) is 25.0 Å². The summed E-state index contributed by atoms with van der Waals surface area (Å²) < 4.78 is 0. The maximum atomic E-state index is 6.99. The molecule has 12 heavy (non-hydrogen) atoms. The lowest BCUT2D eigenvalue weighted by Crippen LogP contribution is -2.33. The van der Waals surface area contributed by atoms with E-state index in [1.54, 1.807) is 0 Å². The molecule has 64 valence electrons. The van der Waals surface area contributed by atoms with Crippen LogP contribution in [0.5, 0.6) is 0 Å². The molecule has 0 aromatic rings. The van der Waals surface area contributed by atoms with Gasteiger partial charge in [0.05, 0.1) is 12.2 Å². The van der Waals surface area contributed by atoms with Gasteiger partial charge in [-0.15, -0.1) is 0 Å². The summed E-state index contributed by atoms with van der Waals surface area (Å²) >= 11 is 0. The number of hydrogen-bond acceptors (Lipinski definition) is 3. The van der Waals surface area contributed by atoms with E-state index in [1.165, 1.54) is 11.9 Å². The van der Waals surface area contributed by atoms with Crippen LogP contribution in [0.25, 0.3) is 0 Å².